The first kappa shape index (κ1) is 14.2. The number of aromatic nitrogens is 2. The molecule has 0 saturated carbocycles. The largest absolute Gasteiger partial charge is 0.472 e. The van der Waals surface area contributed by atoms with Crippen LogP contribution in [-0.4, -0.2) is 39.9 Å². The number of aryl methyl sites for hydroxylation is 1. The lowest BCUT2D eigenvalue weighted by Crippen LogP contribution is -2.45. The van der Waals surface area contributed by atoms with Crippen LogP contribution in [0.25, 0.3) is 0 Å². The minimum atomic E-state index is 0.0400. The van der Waals surface area contributed by atoms with Gasteiger partial charge in [0.2, 0.25) is 0 Å². The summed E-state index contributed by atoms with van der Waals surface area (Å²) in [6, 6.07) is 1.95. The normalized spacial score (nSPS) is 20.3. The van der Waals surface area contributed by atoms with E-state index in [9.17, 15) is 4.79 Å². The van der Waals surface area contributed by atoms with E-state index >= 15 is 0 Å². The molecule has 3 heterocycles. The molecule has 1 aliphatic carbocycles. The zero-order valence-electron chi connectivity index (χ0n) is 13.0. The number of nitrogens with zero attached hydrogens (tertiary/aromatic N) is 3. The fourth-order valence-corrected chi connectivity index (χ4v) is 3.53. The third-order valence-corrected chi connectivity index (χ3v) is 4.69. The smallest absolute Gasteiger partial charge is 0.257 e. The standard InChI is InChI=1S/C17H20N4O2/c22-17(12-6-8-23-10-12)21-7-2-3-13(9-21)20-16-14-4-1-5-15(14)18-11-19-16/h6,8,10-11,13H,1-5,7,9H2,(H,18,19,20). The summed E-state index contributed by atoms with van der Waals surface area (Å²) in [5.74, 6) is 0.994. The minimum absolute atomic E-state index is 0.0400. The lowest BCUT2D eigenvalue weighted by molar-refractivity contribution is 0.0714. The van der Waals surface area contributed by atoms with Crippen LogP contribution >= 0.6 is 0 Å². The highest BCUT2D eigenvalue weighted by molar-refractivity contribution is 5.93. The Balaban J connectivity index is 1.46. The Labute approximate surface area is 134 Å². The summed E-state index contributed by atoms with van der Waals surface area (Å²) in [4.78, 5) is 23.1. The van der Waals surface area contributed by atoms with Gasteiger partial charge in [-0.1, -0.05) is 0 Å². The molecule has 2 aromatic heterocycles. The summed E-state index contributed by atoms with van der Waals surface area (Å²) < 4.78 is 5.02. The van der Waals surface area contributed by atoms with Crippen LogP contribution in [0.5, 0.6) is 0 Å². The van der Waals surface area contributed by atoms with Crippen LogP contribution < -0.4 is 5.32 Å². The molecule has 0 bridgehead atoms. The van der Waals surface area contributed by atoms with Gasteiger partial charge in [0.15, 0.2) is 0 Å². The van der Waals surface area contributed by atoms with Crippen molar-refractivity contribution in [3.63, 3.8) is 0 Å². The molecule has 2 aromatic rings. The number of rotatable bonds is 3. The molecule has 1 saturated heterocycles. The number of amides is 1. The van der Waals surface area contributed by atoms with E-state index in [-0.39, 0.29) is 11.9 Å². The number of carbonyl (C=O) groups is 1. The lowest BCUT2D eigenvalue weighted by atomic mass is 10.0. The van der Waals surface area contributed by atoms with Gasteiger partial charge in [-0.05, 0) is 38.2 Å². The fourth-order valence-electron chi connectivity index (χ4n) is 3.53. The summed E-state index contributed by atoms with van der Waals surface area (Å²) in [6.45, 7) is 1.49. The van der Waals surface area contributed by atoms with Gasteiger partial charge >= 0.3 is 0 Å². The molecule has 6 heteroatoms. The Hall–Kier alpha value is -2.37. The molecule has 0 spiro atoms. The summed E-state index contributed by atoms with van der Waals surface area (Å²) in [6.07, 6.45) is 9.98. The number of anilines is 1. The topological polar surface area (TPSA) is 71.3 Å². The van der Waals surface area contributed by atoms with Crippen molar-refractivity contribution in [3.05, 3.63) is 41.7 Å². The first-order valence-corrected chi connectivity index (χ1v) is 8.22. The molecule has 1 fully saturated rings. The molecule has 0 radical (unpaired) electrons. The predicted molar refractivity (Wildman–Crippen MR) is 85.3 cm³/mol. The Morgan fingerprint density at radius 3 is 3.13 bits per heavy atom. The van der Waals surface area contributed by atoms with Gasteiger partial charge in [0.1, 0.15) is 18.4 Å². The SMILES string of the molecule is O=C(c1ccoc1)N1CCCC(Nc2ncnc3c2CCC3)C1. The fraction of sp³-hybridized carbons (Fsp3) is 0.471. The van der Waals surface area contributed by atoms with Gasteiger partial charge in [-0.3, -0.25) is 4.79 Å². The number of hydrogen-bond donors (Lipinski definition) is 1. The Bertz CT molecular complexity index is 699. The molecule has 2 aliphatic rings. The molecular weight excluding hydrogens is 292 g/mol. The number of likely N-dealkylation sites (tertiary alicyclic amines) is 1. The second kappa shape index (κ2) is 6.02. The van der Waals surface area contributed by atoms with Crippen LogP contribution in [0.15, 0.2) is 29.3 Å². The van der Waals surface area contributed by atoms with Crippen LogP contribution in [0.3, 0.4) is 0 Å². The van der Waals surface area contributed by atoms with Crippen LogP contribution in [0, 0.1) is 0 Å². The Morgan fingerprint density at radius 2 is 2.26 bits per heavy atom. The first-order valence-electron chi connectivity index (χ1n) is 8.22. The van der Waals surface area contributed by atoms with E-state index in [0.29, 0.717) is 12.1 Å². The van der Waals surface area contributed by atoms with E-state index in [1.807, 2.05) is 4.90 Å². The highest BCUT2D eigenvalue weighted by atomic mass is 16.3. The maximum Gasteiger partial charge on any atom is 0.257 e. The minimum Gasteiger partial charge on any atom is -0.472 e. The number of nitrogens with one attached hydrogen (secondary N) is 1. The molecule has 1 aliphatic heterocycles. The number of piperidine rings is 1. The summed E-state index contributed by atoms with van der Waals surface area (Å²) >= 11 is 0. The number of furan rings is 1. The van der Waals surface area contributed by atoms with Crippen molar-refractivity contribution in [2.45, 2.75) is 38.1 Å². The number of fused-ring (bicyclic) bond motifs is 1. The molecule has 0 aromatic carbocycles. The van der Waals surface area contributed by atoms with Crippen molar-refractivity contribution in [1.29, 1.82) is 0 Å². The average molecular weight is 312 g/mol. The maximum absolute atomic E-state index is 12.5. The Morgan fingerprint density at radius 1 is 1.30 bits per heavy atom. The molecule has 23 heavy (non-hydrogen) atoms. The molecular formula is C17H20N4O2. The van der Waals surface area contributed by atoms with Gasteiger partial charge in [0.05, 0.1) is 11.8 Å². The predicted octanol–water partition coefficient (Wildman–Crippen LogP) is 2.28. The molecule has 1 atom stereocenters. The van der Waals surface area contributed by atoms with Gasteiger partial charge in [-0.25, -0.2) is 9.97 Å². The Kier molecular flexibility index (Phi) is 3.73. The zero-order chi connectivity index (χ0) is 15.6. The summed E-state index contributed by atoms with van der Waals surface area (Å²) in [5.41, 5.74) is 3.05. The van der Waals surface area contributed by atoms with Crippen molar-refractivity contribution < 1.29 is 9.21 Å². The lowest BCUT2D eigenvalue weighted by Gasteiger charge is -2.33. The molecule has 4 rings (SSSR count). The van der Waals surface area contributed by atoms with Crippen LogP contribution in [0.4, 0.5) is 5.82 Å². The van der Waals surface area contributed by atoms with E-state index in [2.05, 4.69) is 15.3 Å². The zero-order valence-corrected chi connectivity index (χ0v) is 13.0. The number of carbonyl (C=O) groups excluding carboxylic acids is 1. The van der Waals surface area contributed by atoms with E-state index < -0.39 is 0 Å². The molecule has 1 amide bonds. The van der Waals surface area contributed by atoms with Crippen molar-refractivity contribution in [2.24, 2.45) is 0 Å². The van der Waals surface area contributed by atoms with E-state index in [1.165, 1.54) is 23.8 Å². The highest BCUT2D eigenvalue weighted by Crippen LogP contribution is 2.26. The monoisotopic (exact) mass is 312 g/mol. The molecule has 6 nitrogen and oxygen atoms in total. The molecule has 1 unspecified atom stereocenters. The van der Waals surface area contributed by atoms with Gasteiger partial charge in [-0.2, -0.15) is 0 Å². The number of hydrogen-bond acceptors (Lipinski definition) is 5. The quantitative estimate of drug-likeness (QED) is 0.941. The van der Waals surface area contributed by atoms with Crippen LogP contribution in [-0.2, 0) is 12.8 Å². The van der Waals surface area contributed by atoms with E-state index in [0.717, 1.165) is 44.5 Å². The van der Waals surface area contributed by atoms with Crippen LogP contribution in [0.1, 0.15) is 40.9 Å². The van der Waals surface area contributed by atoms with Crippen molar-refractivity contribution in [1.82, 2.24) is 14.9 Å². The second-order valence-electron chi connectivity index (χ2n) is 6.25. The first-order chi connectivity index (χ1) is 11.3. The molecule has 1 N–H and O–H groups in total. The van der Waals surface area contributed by atoms with E-state index in [1.54, 1.807) is 12.4 Å². The maximum atomic E-state index is 12.5. The van der Waals surface area contributed by atoms with Crippen LogP contribution in [0.2, 0.25) is 0 Å². The van der Waals surface area contributed by atoms with Crippen molar-refractivity contribution in [3.8, 4) is 0 Å². The summed E-state index contributed by atoms with van der Waals surface area (Å²) in [5, 5.41) is 3.54. The van der Waals surface area contributed by atoms with Gasteiger partial charge in [-0.15, -0.1) is 0 Å². The van der Waals surface area contributed by atoms with Gasteiger partial charge in [0.25, 0.3) is 5.91 Å². The van der Waals surface area contributed by atoms with Crippen molar-refractivity contribution in [2.75, 3.05) is 18.4 Å². The van der Waals surface area contributed by atoms with Crippen molar-refractivity contribution >= 4 is 11.7 Å². The average Bonchev–Trinajstić information content (AvgIpc) is 3.26. The second-order valence-corrected chi connectivity index (χ2v) is 6.25. The third-order valence-electron chi connectivity index (χ3n) is 4.69. The highest BCUT2D eigenvalue weighted by Gasteiger charge is 2.26. The molecule has 120 valence electrons. The van der Waals surface area contributed by atoms with Gasteiger partial charge < -0.3 is 14.6 Å². The van der Waals surface area contributed by atoms with E-state index in [4.69, 9.17) is 4.42 Å². The van der Waals surface area contributed by atoms with Gasteiger partial charge in [0, 0.05) is 30.4 Å². The third kappa shape index (κ3) is 2.81. The summed E-state index contributed by atoms with van der Waals surface area (Å²) in [7, 11) is 0.